The maximum absolute atomic E-state index is 10.9. The van der Waals surface area contributed by atoms with E-state index in [4.69, 9.17) is 5.11 Å². The van der Waals surface area contributed by atoms with Crippen molar-refractivity contribution in [2.24, 2.45) is 0 Å². The summed E-state index contributed by atoms with van der Waals surface area (Å²) in [7, 11) is 0. The molecule has 0 spiro atoms. The number of benzene rings is 1. The van der Waals surface area contributed by atoms with Gasteiger partial charge in [0, 0.05) is 0 Å². The van der Waals surface area contributed by atoms with Gasteiger partial charge in [0.25, 0.3) is 0 Å². The van der Waals surface area contributed by atoms with E-state index in [0.29, 0.717) is 10.9 Å². The Morgan fingerprint density at radius 1 is 1.25 bits per heavy atom. The SMILES string of the molecule is Cc1ccc2nc(Nc3cccc(C(=O)O)n3)sc2c1. The van der Waals surface area contributed by atoms with Crippen molar-refractivity contribution in [1.29, 1.82) is 0 Å². The first-order valence-corrected chi connectivity index (χ1v) is 6.78. The Labute approximate surface area is 118 Å². The largest absolute Gasteiger partial charge is 0.477 e. The van der Waals surface area contributed by atoms with E-state index in [1.165, 1.54) is 23.0 Å². The zero-order valence-electron chi connectivity index (χ0n) is 10.6. The monoisotopic (exact) mass is 285 g/mol. The Bertz CT molecular complexity index is 798. The Kier molecular flexibility index (Phi) is 3.08. The van der Waals surface area contributed by atoms with Crippen LogP contribution in [-0.4, -0.2) is 21.0 Å². The highest BCUT2D eigenvalue weighted by atomic mass is 32.1. The van der Waals surface area contributed by atoms with Crippen LogP contribution in [0.25, 0.3) is 10.2 Å². The summed E-state index contributed by atoms with van der Waals surface area (Å²) in [5.74, 6) is -0.575. The molecule has 20 heavy (non-hydrogen) atoms. The number of aromatic nitrogens is 2. The predicted molar refractivity (Wildman–Crippen MR) is 78.8 cm³/mol. The number of anilines is 2. The fourth-order valence-electron chi connectivity index (χ4n) is 1.82. The van der Waals surface area contributed by atoms with Crippen LogP contribution in [0.3, 0.4) is 0 Å². The molecule has 0 amide bonds. The van der Waals surface area contributed by atoms with Gasteiger partial charge in [0.2, 0.25) is 0 Å². The lowest BCUT2D eigenvalue weighted by molar-refractivity contribution is 0.0690. The van der Waals surface area contributed by atoms with Gasteiger partial charge in [0.05, 0.1) is 10.2 Å². The van der Waals surface area contributed by atoms with E-state index < -0.39 is 5.97 Å². The third-order valence-corrected chi connectivity index (χ3v) is 3.68. The molecular formula is C14H11N3O2S. The molecule has 100 valence electrons. The number of pyridine rings is 1. The molecule has 3 aromatic rings. The lowest BCUT2D eigenvalue weighted by Gasteiger charge is -2.01. The maximum atomic E-state index is 10.9. The van der Waals surface area contributed by atoms with Gasteiger partial charge in [-0.05, 0) is 36.8 Å². The molecule has 0 saturated heterocycles. The second-order valence-corrected chi connectivity index (χ2v) is 5.36. The van der Waals surface area contributed by atoms with Gasteiger partial charge in [-0.15, -0.1) is 0 Å². The summed E-state index contributed by atoms with van der Waals surface area (Å²) in [4.78, 5) is 19.3. The molecule has 3 rings (SSSR count). The number of aryl methyl sites for hydroxylation is 1. The van der Waals surface area contributed by atoms with Crippen LogP contribution < -0.4 is 5.32 Å². The molecular weight excluding hydrogens is 274 g/mol. The first kappa shape index (κ1) is 12.6. The molecule has 0 bridgehead atoms. The molecule has 0 aliphatic carbocycles. The van der Waals surface area contributed by atoms with Crippen LogP contribution >= 0.6 is 11.3 Å². The third-order valence-electron chi connectivity index (χ3n) is 2.75. The van der Waals surface area contributed by atoms with Crippen molar-refractivity contribution < 1.29 is 9.90 Å². The molecule has 5 nitrogen and oxygen atoms in total. The van der Waals surface area contributed by atoms with Gasteiger partial charge in [-0.2, -0.15) is 0 Å². The summed E-state index contributed by atoms with van der Waals surface area (Å²) in [6, 6.07) is 10.9. The number of hydrogen-bond acceptors (Lipinski definition) is 5. The summed E-state index contributed by atoms with van der Waals surface area (Å²) in [6.45, 7) is 2.03. The zero-order chi connectivity index (χ0) is 14.1. The molecule has 0 aliphatic heterocycles. The third kappa shape index (κ3) is 2.46. The van der Waals surface area contributed by atoms with Crippen LogP contribution in [0, 0.1) is 6.92 Å². The van der Waals surface area contributed by atoms with Crippen LogP contribution in [0.5, 0.6) is 0 Å². The van der Waals surface area contributed by atoms with Crippen molar-refractivity contribution in [2.75, 3.05) is 5.32 Å². The van der Waals surface area contributed by atoms with Crippen molar-refractivity contribution in [3.05, 3.63) is 47.7 Å². The van der Waals surface area contributed by atoms with Gasteiger partial charge in [-0.25, -0.2) is 14.8 Å². The molecule has 0 radical (unpaired) electrons. The molecule has 1 aromatic carbocycles. The minimum atomic E-state index is -1.05. The first-order valence-electron chi connectivity index (χ1n) is 5.96. The highest BCUT2D eigenvalue weighted by molar-refractivity contribution is 7.22. The predicted octanol–water partition coefficient (Wildman–Crippen LogP) is 3.44. The van der Waals surface area contributed by atoms with Crippen molar-refractivity contribution >= 4 is 38.5 Å². The average molecular weight is 285 g/mol. The van der Waals surface area contributed by atoms with E-state index in [9.17, 15) is 4.79 Å². The number of nitrogens with zero attached hydrogens (tertiary/aromatic N) is 2. The van der Waals surface area contributed by atoms with Crippen LogP contribution in [0.15, 0.2) is 36.4 Å². The van der Waals surface area contributed by atoms with E-state index in [-0.39, 0.29) is 5.69 Å². The molecule has 2 N–H and O–H groups in total. The Morgan fingerprint density at radius 3 is 2.90 bits per heavy atom. The van der Waals surface area contributed by atoms with E-state index in [0.717, 1.165) is 10.2 Å². The Hall–Kier alpha value is -2.47. The summed E-state index contributed by atoms with van der Waals surface area (Å²) in [5, 5.41) is 12.7. The highest BCUT2D eigenvalue weighted by Crippen LogP contribution is 2.28. The molecule has 0 aliphatic rings. The number of thiazole rings is 1. The number of nitrogens with one attached hydrogen (secondary N) is 1. The molecule has 6 heteroatoms. The lowest BCUT2D eigenvalue weighted by atomic mass is 10.2. The van der Waals surface area contributed by atoms with Crippen molar-refractivity contribution in [3.63, 3.8) is 0 Å². The second-order valence-electron chi connectivity index (χ2n) is 4.33. The summed E-state index contributed by atoms with van der Waals surface area (Å²) < 4.78 is 1.09. The molecule has 2 aromatic heterocycles. The second kappa shape index (κ2) is 4.90. The number of fused-ring (bicyclic) bond motifs is 1. The minimum absolute atomic E-state index is 0.00644. The van der Waals surface area contributed by atoms with Crippen molar-refractivity contribution in [2.45, 2.75) is 6.92 Å². The Morgan fingerprint density at radius 2 is 2.10 bits per heavy atom. The minimum Gasteiger partial charge on any atom is -0.477 e. The van der Waals surface area contributed by atoms with Crippen LogP contribution in [-0.2, 0) is 0 Å². The highest BCUT2D eigenvalue weighted by Gasteiger charge is 2.08. The van der Waals surface area contributed by atoms with Gasteiger partial charge < -0.3 is 10.4 Å². The summed E-state index contributed by atoms with van der Waals surface area (Å²) >= 11 is 1.51. The lowest BCUT2D eigenvalue weighted by Crippen LogP contribution is -2.02. The van der Waals surface area contributed by atoms with Gasteiger partial charge in [0.1, 0.15) is 5.82 Å². The van der Waals surface area contributed by atoms with Gasteiger partial charge in [0.15, 0.2) is 10.8 Å². The van der Waals surface area contributed by atoms with Crippen LogP contribution in [0.1, 0.15) is 16.1 Å². The molecule has 0 fully saturated rings. The van der Waals surface area contributed by atoms with Crippen molar-refractivity contribution in [1.82, 2.24) is 9.97 Å². The van der Waals surface area contributed by atoms with Gasteiger partial charge >= 0.3 is 5.97 Å². The number of rotatable bonds is 3. The van der Waals surface area contributed by atoms with Crippen LogP contribution in [0.2, 0.25) is 0 Å². The fraction of sp³-hybridized carbons (Fsp3) is 0.0714. The molecule has 0 unspecified atom stereocenters. The fourth-order valence-corrected chi connectivity index (χ4v) is 2.79. The van der Waals surface area contributed by atoms with Gasteiger partial charge in [-0.3, -0.25) is 0 Å². The topological polar surface area (TPSA) is 75.1 Å². The number of hydrogen-bond donors (Lipinski definition) is 2. The average Bonchev–Trinajstić information content (AvgIpc) is 2.80. The number of aromatic carboxylic acids is 1. The molecule has 2 heterocycles. The summed E-state index contributed by atoms with van der Waals surface area (Å²) in [5.41, 5.74) is 2.10. The van der Waals surface area contributed by atoms with E-state index in [1.54, 1.807) is 12.1 Å². The standard InChI is InChI=1S/C14H11N3O2S/c1-8-5-6-9-11(7-8)20-14(16-9)17-12-4-2-3-10(15-12)13(18)19/h2-7H,1H3,(H,18,19)(H,15,16,17). The first-order chi connectivity index (χ1) is 9.61. The number of carboxylic acid groups (broad SMARTS) is 1. The molecule has 0 atom stereocenters. The number of carboxylic acids is 1. The van der Waals surface area contributed by atoms with Gasteiger partial charge in [-0.1, -0.05) is 23.5 Å². The zero-order valence-corrected chi connectivity index (χ0v) is 11.4. The quantitative estimate of drug-likeness (QED) is 0.771. The van der Waals surface area contributed by atoms with E-state index >= 15 is 0 Å². The smallest absolute Gasteiger partial charge is 0.354 e. The van der Waals surface area contributed by atoms with E-state index in [1.807, 2.05) is 19.1 Å². The number of carbonyl (C=O) groups is 1. The Balaban J connectivity index is 1.92. The maximum Gasteiger partial charge on any atom is 0.354 e. The normalized spacial score (nSPS) is 10.7. The molecule has 0 saturated carbocycles. The summed E-state index contributed by atoms with van der Waals surface area (Å²) in [6.07, 6.45) is 0. The van der Waals surface area contributed by atoms with E-state index in [2.05, 4.69) is 21.4 Å². The van der Waals surface area contributed by atoms with Crippen LogP contribution in [0.4, 0.5) is 10.9 Å². The van der Waals surface area contributed by atoms with Crippen molar-refractivity contribution in [3.8, 4) is 0 Å².